The molecule has 0 radical (unpaired) electrons. The zero-order valence-electron chi connectivity index (χ0n) is 12.1. The second kappa shape index (κ2) is 6.02. The van der Waals surface area contributed by atoms with Gasteiger partial charge >= 0.3 is 0 Å². The first-order valence-corrected chi connectivity index (χ1v) is 7.91. The van der Waals surface area contributed by atoms with E-state index in [2.05, 4.69) is 17.2 Å². The highest BCUT2D eigenvalue weighted by atomic mass is 35.5. The van der Waals surface area contributed by atoms with Gasteiger partial charge in [-0.05, 0) is 30.2 Å². The number of amides is 1. The molecule has 1 aliphatic carbocycles. The first-order valence-electron chi connectivity index (χ1n) is 7.53. The minimum atomic E-state index is -0.129. The van der Waals surface area contributed by atoms with E-state index in [1.807, 2.05) is 24.3 Å². The lowest BCUT2D eigenvalue weighted by Gasteiger charge is -2.16. The molecule has 21 heavy (non-hydrogen) atoms. The summed E-state index contributed by atoms with van der Waals surface area (Å²) < 4.78 is 0. The van der Waals surface area contributed by atoms with Crippen LogP contribution in [0.1, 0.15) is 43.1 Å². The fourth-order valence-corrected chi connectivity index (χ4v) is 2.88. The Morgan fingerprint density at radius 2 is 2.19 bits per heavy atom. The number of carbonyl (C=O) groups is 1. The number of hydrogen-bond donors (Lipinski definition) is 1. The summed E-state index contributed by atoms with van der Waals surface area (Å²) in [6.45, 7) is 2.11. The standard InChI is InChI=1S/C17H19ClN2O/c1-2-13(9-11-7-8-11)19-17(21)15-10-12-5-3-4-6-14(12)16(18)20-15/h3-6,10-11,13H,2,7-9H2,1H3,(H,19,21). The van der Waals surface area contributed by atoms with Gasteiger partial charge < -0.3 is 5.32 Å². The molecule has 3 rings (SSSR count). The topological polar surface area (TPSA) is 42.0 Å². The Labute approximate surface area is 129 Å². The van der Waals surface area contributed by atoms with Crippen LogP contribution in [0.4, 0.5) is 0 Å². The van der Waals surface area contributed by atoms with Gasteiger partial charge in [-0.1, -0.05) is 55.6 Å². The SMILES string of the molecule is CCC(CC1CC1)NC(=O)c1cc2ccccc2c(Cl)n1. The normalized spacial score (nSPS) is 15.9. The monoisotopic (exact) mass is 302 g/mol. The highest BCUT2D eigenvalue weighted by Crippen LogP contribution is 2.34. The Balaban J connectivity index is 1.80. The summed E-state index contributed by atoms with van der Waals surface area (Å²) in [6, 6.07) is 9.74. The lowest BCUT2D eigenvalue weighted by molar-refractivity contribution is 0.0928. The van der Waals surface area contributed by atoms with Crippen molar-refractivity contribution >= 4 is 28.3 Å². The third-order valence-electron chi connectivity index (χ3n) is 4.07. The average Bonchev–Trinajstić information content (AvgIpc) is 3.30. The molecule has 1 amide bonds. The molecule has 4 heteroatoms. The van der Waals surface area contributed by atoms with Crippen LogP contribution in [0.2, 0.25) is 5.15 Å². The quantitative estimate of drug-likeness (QED) is 0.841. The van der Waals surface area contributed by atoms with Crippen molar-refractivity contribution in [3.05, 3.63) is 41.2 Å². The minimum absolute atomic E-state index is 0.129. The van der Waals surface area contributed by atoms with E-state index >= 15 is 0 Å². The molecule has 1 aromatic carbocycles. The lowest BCUT2D eigenvalue weighted by Crippen LogP contribution is -2.35. The number of nitrogens with zero attached hydrogens (tertiary/aromatic N) is 1. The van der Waals surface area contributed by atoms with Crippen LogP contribution >= 0.6 is 11.6 Å². The van der Waals surface area contributed by atoms with Crippen molar-refractivity contribution in [2.24, 2.45) is 5.92 Å². The van der Waals surface area contributed by atoms with Gasteiger partial charge in [0.05, 0.1) is 0 Å². The summed E-state index contributed by atoms with van der Waals surface area (Å²) in [6.07, 6.45) is 4.62. The van der Waals surface area contributed by atoms with Gasteiger partial charge in [0.25, 0.3) is 5.91 Å². The van der Waals surface area contributed by atoms with Crippen molar-refractivity contribution in [2.45, 2.75) is 38.6 Å². The van der Waals surface area contributed by atoms with Gasteiger partial charge in [0.2, 0.25) is 0 Å². The number of pyridine rings is 1. The summed E-state index contributed by atoms with van der Waals surface area (Å²) in [4.78, 5) is 16.6. The molecule has 1 heterocycles. The second-order valence-electron chi connectivity index (χ2n) is 5.78. The van der Waals surface area contributed by atoms with Gasteiger partial charge in [0, 0.05) is 11.4 Å². The van der Waals surface area contributed by atoms with Gasteiger partial charge in [0.1, 0.15) is 10.8 Å². The Hall–Kier alpha value is -1.61. The predicted molar refractivity (Wildman–Crippen MR) is 85.6 cm³/mol. The number of carbonyl (C=O) groups excluding carboxylic acids is 1. The Bertz CT molecular complexity index is 667. The van der Waals surface area contributed by atoms with Crippen molar-refractivity contribution in [3.8, 4) is 0 Å². The van der Waals surface area contributed by atoms with Crippen LogP contribution < -0.4 is 5.32 Å². The average molecular weight is 303 g/mol. The molecule has 0 spiro atoms. The number of aromatic nitrogens is 1. The van der Waals surface area contributed by atoms with Crippen LogP contribution in [0.3, 0.4) is 0 Å². The molecule has 1 aromatic heterocycles. The molecule has 2 aromatic rings. The van der Waals surface area contributed by atoms with Gasteiger partial charge in [-0.15, -0.1) is 0 Å². The number of hydrogen-bond acceptors (Lipinski definition) is 2. The fraction of sp³-hybridized carbons (Fsp3) is 0.412. The molecular weight excluding hydrogens is 284 g/mol. The Morgan fingerprint density at radius 3 is 2.90 bits per heavy atom. The van der Waals surface area contributed by atoms with Gasteiger partial charge in [-0.2, -0.15) is 0 Å². The van der Waals surface area contributed by atoms with Gasteiger partial charge in [-0.3, -0.25) is 4.79 Å². The molecule has 0 saturated heterocycles. The number of fused-ring (bicyclic) bond motifs is 1. The zero-order valence-corrected chi connectivity index (χ0v) is 12.9. The van der Waals surface area contributed by atoms with Crippen LogP contribution in [0.25, 0.3) is 10.8 Å². The zero-order chi connectivity index (χ0) is 14.8. The number of nitrogens with one attached hydrogen (secondary N) is 1. The van der Waals surface area contributed by atoms with Crippen molar-refractivity contribution in [2.75, 3.05) is 0 Å². The molecule has 0 aliphatic heterocycles. The Kier molecular flexibility index (Phi) is 4.11. The molecule has 1 saturated carbocycles. The largest absolute Gasteiger partial charge is 0.348 e. The molecular formula is C17H19ClN2O. The maximum Gasteiger partial charge on any atom is 0.270 e. The number of halogens is 1. The maximum absolute atomic E-state index is 12.4. The van der Waals surface area contributed by atoms with E-state index in [0.717, 1.165) is 29.5 Å². The minimum Gasteiger partial charge on any atom is -0.348 e. The summed E-state index contributed by atoms with van der Waals surface area (Å²) >= 11 is 6.18. The molecule has 1 aliphatic rings. The third kappa shape index (κ3) is 3.35. The molecule has 1 fully saturated rings. The highest BCUT2D eigenvalue weighted by Gasteiger charge is 2.26. The maximum atomic E-state index is 12.4. The lowest BCUT2D eigenvalue weighted by atomic mass is 10.1. The predicted octanol–water partition coefficient (Wildman–Crippen LogP) is 4.20. The van der Waals surface area contributed by atoms with Crippen molar-refractivity contribution in [1.29, 1.82) is 0 Å². The second-order valence-corrected chi connectivity index (χ2v) is 6.14. The number of rotatable bonds is 5. The molecule has 1 unspecified atom stereocenters. The summed E-state index contributed by atoms with van der Waals surface area (Å²) in [7, 11) is 0. The molecule has 1 atom stereocenters. The third-order valence-corrected chi connectivity index (χ3v) is 4.36. The van der Waals surface area contributed by atoms with Crippen LogP contribution in [-0.4, -0.2) is 16.9 Å². The molecule has 0 bridgehead atoms. The summed E-state index contributed by atoms with van der Waals surface area (Å²) in [5.74, 6) is 0.665. The summed E-state index contributed by atoms with van der Waals surface area (Å²) in [5.41, 5.74) is 0.396. The Morgan fingerprint density at radius 1 is 1.43 bits per heavy atom. The van der Waals surface area contributed by atoms with Gasteiger partial charge in [-0.25, -0.2) is 4.98 Å². The van der Waals surface area contributed by atoms with E-state index in [1.54, 1.807) is 6.07 Å². The molecule has 1 N–H and O–H groups in total. The first kappa shape index (κ1) is 14.3. The number of benzene rings is 1. The van der Waals surface area contributed by atoms with Crippen molar-refractivity contribution in [3.63, 3.8) is 0 Å². The smallest absolute Gasteiger partial charge is 0.270 e. The van der Waals surface area contributed by atoms with E-state index in [9.17, 15) is 4.79 Å². The molecule has 3 nitrogen and oxygen atoms in total. The fourth-order valence-electron chi connectivity index (χ4n) is 2.62. The van der Waals surface area contributed by atoms with Gasteiger partial charge in [0.15, 0.2) is 0 Å². The van der Waals surface area contributed by atoms with Crippen molar-refractivity contribution in [1.82, 2.24) is 10.3 Å². The van der Waals surface area contributed by atoms with E-state index in [-0.39, 0.29) is 11.9 Å². The van der Waals surface area contributed by atoms with Crippen LogP contribution in [0, 0.1) is 5.92 Å². The van der Waals surface area contributed by atoms with Crippen LogP contribution in [-0.2, 0) is 0 Å². The van der Waals surface area contributed by atoms with E-state index in [0.29, 0.717) is 10.8 Å². The van der Waals surface area contributed by atoms with E-state index in [1.165, 1.54) is 12.8 Å². The van der Waals surface area contributed by atoms with E-state index < -0.39 is 0 Å². The van der Waals surface area contributed by atoms with E-state index in [4.69, 9.17) is 11.6 Å². The first-order chi connectivity index (χ1) is 10.2. The van der Waals surface area contributed by atoms with Crippen molar-refractivity contribution < 1.29 is 4.79 Å². The van der Waals surface area contributed by atoms with Crippen LogP contribution in [0.15, 0.2) is 30.3 Å². The highest BCUT2D eigenvalue weighted by molar-refractivity contribution is 6.34. The summed E-state index contributed by atoms with van der Waals surface area (Å²) in [5, 5.41) is 5.29. The molecule has 110 valence electrons. The van der Waals surface area contributed by atoms with Crippen LogP contribution in [0.5, 0.6) is 0 Å².